The predicted molar refractivity (Wildman–Crippen MR) is 114 cm³/mol. The molecule has 0 radical (unpaired) electrons. The SMILES string of the molecule is Nc1nc2c(c(=O)[nH]1)[N+]1=CN(c3ccc(C(=O)N[C@@H](CCC(=O)[O-])C(=O)O)cc3)CC1CN2. The molecular formula is C20H21N7O6. The third kappa shape index (κ3) is 4.46. The number of aromatic amines is 1. The molecule has 0 bridgehead atoms. The van der Waals surface area contributed by atoms with Crippen LogP contribution < -0.4 is 31.9 Å². The van der Waals surface area contributed by atoms with Crippen molar-refractivity contribution in [2.75, 3.05) is 29.0 Å². The van der Waals surface area contributed by atoms with E-state index in [0.717, 1.165) is 5.69 Å². The standard InChI is InChI=1S/C20H21N7O6/c21-20-24-16-15(18(31)25-20)27-9-26(8-12(27)7-22-16)11-3-1-10(2-4-11)17(30)23-13(19(32)33)5-6-14(28)29/h1-4,9,12-13H,5-8H2,(H6-,21,22,23,24,25,28,29,30,31,32,33)/t12?,13-/m0/s1. The van der Waals surface area contributed by atoms with Crippen LogP contribution in [0.15, 0.2) is 29.1 Å². The summed E-state index contributed by atoms with van der Waals surface area (Å²) in [6.07, 6.45) is 1.02. The van der Waals surface area contributed by atoms with E-state index in [-0.39, 0.29) is 29.5 Å². The van der Waals surface area contributed by atoms with Crippen molar-refractivity contribution in [2.24, 2.45) is 0 Å². The van der Waals surface area contributed by atoms with Gasteiger partial charge in [0.05, 0.1) is 6.54 Å². The fourth-order valence-corrected chi connectivity index (χ4v) is 3.81. The molecule has 3 heterocycles. The predicted octanol–water partition coefficient (Wildman–Crippen LogP) is -1.95. The summed E-state index contributed by atoms with van der Waals surface area (Å²) in [6.45, 7) is 1.13. The summed E-state index contributed by atoms with van der Waals surface area (Å²) in [5.41, 5.74) is 6.61. The van der Waals surface area contributed by atoms with Crippen LogP contribution in [0.5, 0.6) is 0 Å². The minimum absolute atomic E-state index is 0.0213. The Morgan fingerprint density at radius 1 is 1.33 bits per heavy atom. The van der Waals surface area contributed by atoms with E-state index in [0.29, 0.717) is 24.6 Å². The molecule has 6 N–H and O–H groups in total. The summed E-state index contributed by atoms with van der Waals surface area (Å²) < 4.78 is 1.83. The van der Waals surface area contributed by atoms with Crippen molar-refractivity contribution in [2.45, 2.75) is 24.9 Å². The number of nitrogen functional groups attached to an aromatic ring is 1. The second-order valence-electron chi connectivity index (χ2n) is 7.68. The van der Waals surface area contributed by atoms with E-state index in [2.05, 4.69) is 20.6 Å². The number of rotatable bonds is 7. The highest BCUT2D eigenvalue weighted by atomic mass is 16.4. The number of hydrogen-bond donors (Lipinski definition) is 5. The number of benzene rings is 1. The van der Waals surface area contributed by atoms with Crippen LogP contribution >= 0.6 is 0 Å². The molecule has 0 saturated carbocycles. The number of amides is 1. The highest BCUT2D eigenvalue weighted by Gasteiger charge is 2.39. The third-order valence-electron chi connectivity index (χ3n) is 5.44. The highest BCUT2D eigenvalue weighted by molar-refractivity contribution is 5.97. The highest BCUT2D eigenvalue weighted by Crippen LogP contribution is 2.28. The fraction of sp³-hybridized carbons (Fsp3) is 0.300. The molecule has 1 amide bonds. The van der Waals surface area contributed by atoms with Gasteiger partial charge in [-0.05, 0) is 37.1 Å². The van der Waals surface area contributed by atoms with Crippen LogP contribution in [0.25, 0.3) is 0 Å². The number of hydrogen-bond acceptors (Lipinski definition) is 9. The maximum atomic E-state index is 12.4. The van der Waals surface area contributed by atoms with Gasteiger partial charge in [0.25, 0.3) is 5.91 Å². The molecule has 1 aromatic heterocycles. The van der Waals surface area contributed by atoms with E-state index in [1.54, 1.807) is 18.5 Å². The number of carboxylic acids is 2. The van der Waals surface area contributed by atoms with Crippen molar-refractivity contribution in [1.82, 2.24) is 15.3 Å². The smallest absolute Gasteiger partial charge is 0.326 e. The number of aromatic nitrogens is 2. The van der Waals surface area contributed by atoms with Gasteiger partial charge in [0, 0.05) is 11.5 Å². The molecule has 13 heteroatoms. The van der Waals surface area contributed by atoms with Crippen LogP contribution in [0.1, 0.15) is 23.2 Å². The van der Waals surface area contributed by atoms with Crippen molar-refractivity contribution in [3.8, 4) is 0 Å². The van der Waals surface area contributed by atoms with Crippen LogP contribution in [0.3, 0.4) is 0 Å². The Hall–Kier alpha value is -4.42. The van der Waals surface area contributed by atoms with E-state index in [1.165, 1.54) is 12.1 Å². The van der Waals surface area contributed by atoms with Gasteiger partial charge in [-0.3, -0.25) is 14.6 Å². The first kappa shape index (κ1) is 21.8. The maximum absolute atomic E-state index is 12.4. The van der Waals surface area contributed by atoms with Gasteiger partial charge in [-0.2, -0.15) is 4.98 Å². The minimum atomic E-state index is -1.39. The number of anilines is 3. The summed E-state index contributed by atoms with van der Waals surface area (Å²) >= 11 is 0. The Morgan fingerprint density at radius 3 is 2.73 bits per heavy atom. The molecule has 1 aromatic carbocycles. The molecule has 172 valence electrons. The van der Waals surface area contributed by atoms with E-state index in [4.69, 9.17) is 5.73 Å². The lowest BCUT2D eigenvalue weighted by Crippen LogP contribution is -2.41. The molecule has 2 atom stereocenters. The zero-order chi connectivity index (χ0) is 23.7. The molecule has 33 heavy (non-hydrogen) atoms. The Labute approximate surface area is 186 Å². The summed E-state index contributed by atoms with van der Waals surface area (Å²) in [7, 11) is 0. The second-order valence-corrected chi connectivity index (χ2v) is 7.68. The fourth-order valence-electron chi connectivity index (χ4n) is 3.81. The lowest BCUT2D eigenvalue weighted by Gasteiger charge is -2.20. The zero-order valence-electron chi connectivity index (χ0n) is 17.3. The van der Waals surface area contributed by atoms with Crippen LogP contribution in [0.4, 0.5) is 23.1 Å². The topological polar surface area (TPSA) is 197 Å². The molecule has 0 spiro atoms. The molecule has 13 nitrogen and oxygen atoms in total. The van der Waals surface area contributed by atoms with Gasteiger partial charge in [0.2, 0.25) is 18.0 Å². The molecule has 2 aliphatic heterocycles. The minimum Gasteiger partial charge on any atom is -0.550 e. The van der Waals surface area contributed by atoms with Crippen molar-refractivity contribution >= 4 is 47.3 Å². The quantitative estimate of drug-likeness (QED) is 0.293. The number of carboxylic acid groups (broad SMARTS) is 2. The maximum Gasteiger partial charge on any atom is 0.326 e. The Balaban J connectivity index is 1.49. The Morgan fingerprint density at radius 2 is 2.06 bits per heavy atom. The Kier molecular flexibility index (Phi) is 5.69. The van der Waals surface area contributed by atoms with Gasteiger partial charge in [-0.1, -0.05) is 0 Å². The molecule has 2 aliphatic rings. The number of nitrogens with zero attached hydrogens (tertiary/aromatic N) is 3. The summed E-state index contributed by atoms with van der Waals surface area (Å²) in [6, 6.07) is 5.10. The van der Waals surface area contributed by atoms with Crippen LogP contribution in [0.2, 0.25) is 0 Å². The summed E-state index contributed by atoms with van der Waals surface area (Å²) in [5.74, 6) is -2.92. The van der Waals surface area contributed by atoms with Gasteiger partial charge in [-0.25, -0.2) is 14.3 Å². The molecule has 0 saturated heterocycles. The molecule has 4 rings (SSSR count). The first-order chi connectivity index (χ1) is 15.7. The van der Waals surface area contributed by atoms with Crippen LogP contribution in [-0.2, 0) is 9.59 Å². The van der Waals surface area contributed by atoms with Gasteiger partial charge >= 0.3 is 11.5 Å². The van der Waals surface area contributed by atoms with Crippen molar-refractivity contribution in [3.05, 3.63) is 40.2 Å². The number of nitrogens with two attached hydrogens (primary N) is 1. The average molecular weight is 455 g/mol. The number of H-pyrrole nitrogens is 1. The van der Waals surface area contributed by atoms with Gasteiger partial charge in [0.1, 0.15) is 18.3 Å². The zero-order valence-corrected chi connectivity index (χ0v) is 17.3. The van der Waals surface area contributed by atoms with Crippen molar-refractivity contribution in [1.29, 1.82) is 0 Å². The van der Waals surface area contributed by atoms with Gasteiger partial charge < -0.3 is 31.4 Å². The van der Waals surface area contributed by atoms with E-state index >= 15 is 0 Å². The lowest BCUT2D eigenvalue weighted by atomic mass is 10.1. The second kappa shape index (κ2) is 8.61. The molecule has 0 fully saturated rings. The lowest BCUT2D eigenvalue weighted by molar-refractivity contribution is -0.468. The number of aliphatic carboxylic acids is 2. The average Bonchev–Trinajstić information content (AvgIpc) is 3.20. The van der Waals surface area contributed by atoms with E-state index < -0.39 is 30.3 Å². The summed E-state index contributed by atoms with van der Waals surface area (Å²) in [5, 5.41) is 25.2. The van der Waals surface area contributed by atoms with Gasteiger partial charge in [-0.15, -0.1) is 0 Å². The van der Waals surface area contributed by atoms with E-state index in [1.807, 2.05) is 9.48 Å². The first-order valence-electron chi connectivity index (χ1n) is 10.1. The number of carbonyl (C=O) groups is 3. The van der Waals surface area contributed by atoms with Crippen molar-refractivity contribution in [3.63, 3.8) is 0 Å². The van der Waals surface area contributed by atoms with Crippen molar-refractivity contribution < 1.29 is 29.2 Å². The number of carbonyl (C=O) groups excluding carboxylic acids is 2. The first-order valence-corrected chi connectivity index (χ1v) is 10.1. The monoisotopic (exact) mass is 455 g/mol. The number of fused-ring (bicyclic) bond motifs is 3. The third-order valence-corrected chi connectivity index (χ3v) is 5.44. The Bertz CT molecular complexity index is 1210. The van der Waals surface area contributed by atoms with Gasteiger partial charge in [0.15, 0.2) is 11.9 Å². The van der Waals surface area contributed by atoms with Crippen LogP contribution in [0, 0.1) is 0 Å². The molecule has 2 aromatic rings. The normalized spacial score (nSPS) is 17.3. The number of nitrogens with one attached hydrogen (secondary N) is 3. The van der Waals surface area contributed by atoms with E-state index in [9.17, 15) is 29.4 Å². The summed E-state index contributed by atoms with van der Waals surface area (Å²) in [4.78, 5) is 55.2. The van der Waals surface area contributed by atoms with Crippen LogP contribution in [-0.4, -0.2) is 69.0 Å². The largest absolute Gasteiger partial charge is 0.550 e. The molecule has 0 aliphatic carbocycles. The molecule has 1 unspecified atom stereocenters. The molecular weight excluding hydrogens is 434 g/mol.